The molecule has 1 aromatic rings. The highest BCUT2D eigenvalue weighted by Gasteiger charge is 2.18. The second kappa shape index (κ2) is 7.61. The summed E-state index contributed by atoms with van der Waals surface area (Å²) in [4.78, 5) is 0.194. The van der Waals surface area contributed by atoms with Crippen LogP contribution in [0.15, 0.2) is 29.2 Å². The Balaban J connectivity index is 2.84. The fraction of sp³-hybridized carbons (Fsp3) is 0.571. The highest BCUT2D eigenvalue weighted by atomic mass is 32.2. The summed E-state index contributed by atoms with van der Waals surface area (Å²) in [6.07, 6.45) is 1.31. The summed E-state index contributed by atoms with van der Waals surface area (Å²) in [6, 6.07) is 6.68. The average molecular weight is 300 g/mol. The van der Waals surface area contributed by atoms with Crippen LogP contribution >= 0.6 is 0 Å². The van der Waals surface area contributed by atoms with Crippen molar-refractivity contribution in [3.63, 3.8) is 0 Å². The van der Waals surface area contributed by atoms with E-state index in [9.17, 15) is 13.5 Å². The quantitative estimate of drug-likeness (QED) is 0.684. The minimum absolute atomic E-state index is 0.194. The molecular formula is C14H24N2O3S. The molecule has 0 aliphatic rings. The standard InChI is InChI=1S/C14H24N2O3S/c1-4-11(5-2)13(17)10-16-12-8-6-7-9-14(12)20(18,19)15-3/h6-9,11,13,15-17H,4-5,10H2,1-3H3. The Hall–Kier alpha value is -1.11. The normalized spacial score (nSPS) is 13.4. The summed E-state index contributed by atoms with van der Waals surface area (Å²) in [5, 5.41) is 13.1. The minimum atomic E-state index is -3.50. The molecule has 1 rings (SSSR count). The SMILES string of the molecule is CCC(CC)C(O)CNc1ccccc1S(=O)(=O)NC. The van der Waals surface area contributed by atoms with Crippen LogP contribution in [-0.4, -0.2) is 33.2 Å². The first-order valence-electron chi connectivity index (χ1n) is 6.90. The molecule has 3 N–H and O–H groups in total. The van der Waals surface area contributed by atoms with E-state index in [1.54, 1.807) is 18.2 Å². The van der Waals surface area contributed by atoms with Crippen LogP contribution in [0.25, 0.3) is 0 Å². The Labute approximate surface area is 121 Å². The highest BCUT2D eigenvalue weighted by Crippen LogP contribution is 2.21. The maximum absolute atomic E-state index is 11.9. The predicted molar refractivity (Wildman–Crippen MR) is 81.3 cm³/mol. The van der Waals surface area contributed by atoms with Crippen LogP contribution in [0.2, 0.25) is 0 Å². The van der Waals surface area contributed by atoms with E-state index >= 15 is 0 Å². The van der Waals surface area contributed by atoms with Gasteiger partial charge in [0.15, 0.2) is 0 Å². The number of hydrogen-bond acceptors (Lipinski definition) is 4. The molecule has 0 aliphatic carbocycles. The molecule has 20 heavy (non-hydrogen) atoms. The molecule has 0 aliphatic heterocycles. The van der Waals surface area contributed by atoms with Crippen molar-refractivity contribution in [2.75, 3.05) is 18.9 Å². The van der Waals surface area contributed by atoms with Crippen molar-refractivity contribution in [1.29, 1.82) is 0 Å². The second-order valence-electron chi connectivity index (χ2n) is 4.73. The zero-order chi connectivity index (χ0) is 15.2. The van der Waals surface area contributed by atoms with E-state index in [0.29, 0.717) is 12.2 Å². The minimum Gasteiger partial charge on any atom is -0.391 e. The van der Waals surface area contributed by atoms with Crippen LogP contribution in [0.5, 0.6) is 0 Å². The van der Waals surface area contributed by atoms with Crippen LogP contribution in [0.3, 0.4) is 0 Å². The van der Waals surface area contributed by atoms with Gasteiger partial charge in [0.25, 0.3) is 0 Å². The highest BCUT2D eigenvalue weighted by molar-refractivity contribution is 7.89. The van der Waals surface area contributed by atoms with Crippen molar-refractivity contribution in [2.24, 2.45) is 5.92 Å². The molecule has 0 saturated heterocycles. The van der Waals surface area contributed by atoms with Crippen LogP contribution in [0.4, 0.5) is 5.69 Å². The Morgan fingerprint density at radius 3 is 2.35 bits per heavy atom. The van der Waals surface area contributed by atoms with E-state index in [0.717, 1.165) is 12.8 Å². The number of benzene rings is 1. The first kappa shape index (κ1) is 16.9. The Morgan fingerprint density at radius 1 is 1.20 bits per heavy atom. The summed E-state index contributed by atoms with van der Waals surface area (Å²) in [6.45, 7) is 4.41. The zero-order valence-electron chi connectivity index (χ0n) is 12.3. The van der Waals surface area contributed by atoms with Gasteiger partial charge in [0.2, 0.25) is 10.0 Å². The largest absolute Gasteiger partial charge is 0.391 e. The molecular weight excluding hydrogens is 276 g/mol. The predicted octanol–water partition coefficient (Wildman–Crippen LogP) is 1.80. The third-order valence-corrected chi connectivity index (χ3v) is 5.01. The smallest absolute Gasteiger partial charge is 0.242 e. The van der Waals surface area contributed by atoms with Crippen molar-refractivity contribution in [3.05, 3.63) is 24.3 Å². The second-order valence-corrected chi connectivity index (χ2v) is 6.58. The third kappa shape index (κ3) is 4.19. The lowest BCUT2D eigenvalue weighted by molar-refractivity contribution is 0.114. The first-order chi connectivity index (χ1) is 9.46. The van der Waals surface area contributed by atoms with E-state index < -0.39 is 16.1 Å². The van der Waals surface area contributed by atoms with Crippen molar-refractivity contribution >= 4 is 15.7 Å². The van der Waals surface area contributed by atoms with E-state index in [2.05, 4.69) is 10.0 Å². The monoisotopic (exact) mass is 300 g/mol. The lowest BCUT2D eigenvalue weighted by atomic mass is 9.96. The third-order valence-electron chi connectivity index (χ3n) is 3.54. The van der Waals surface area contributed by atoms with Crippen LogP contribution in [0, 0.1) is 5.92 Å². The maximum Gasteiger partial charge on any atom is 0.242 e. The van der Waals surface area contributed by atoms with Crippen molar-refractivity contribution in [3.8, 4) is 0 Å². The molecule has 0 heterocycles. The maximum atomic E-state index is 11.9. The average Bonchev–Trinajstić information content (AvgIpc) is 2.46. The van der Waals surface area contributed by atoms with Crippen molar-refractivity contribution in [1.82, 2.24) is 4.72 Å². The van der Waals surface area contributed by atoms with Gasteiger partial charge in [0.1, 0.15) is 4.90 Å². The van der Waals surface area contributed by atoms with Gasteiger partial charge in [-0.3, -0.25) is 0 Å². The van der Waals surface area contributed by atoms with Gasteiger partial charge in [-0.25, -0.2) is 13.1 Å². The van der Waals surface area contributed by atoms with Gasteiger partial charge in [0, 0.05) is 6.54 Å². The number of aliphatic hydroxyl groups is 1. The Bertz CT molecular complexity index is 513. The molecule has 1 atom stereocenters. The number of aliphatic hydroxyl groups excluding tert-OH is 1. The summed E-state index contributed by atoms with van der Waals surface area (Å²) >= 11 is 0. The molecule has 6 heteroatoms. The van der Waals surface area contributed by atoms with E-state index in [1.165, 1.54) is 13.1 Å². The van der Waals surface area contributed by atoms with Gasteiger partial charge in [0.05, 0.1) is 11.8 Å². The van der Waals surface area contributed by atoms with Crippen LogP contribution in [-0.2, 0) is 10.0 Å². The first-order valence-corrected chi connectivity index (χ1v) is 8.39. The summed E-state index contributed by atoms with van der Waals surface area (Å²) in [7, 11) is -2.12. The van der Waals surface area contributed by atoms with Crippen LogP contribution in [0.1, 0.15) is 26.7 Å². The molecule has 5 nitrogen and oxygen atoms in total. The molecule has 0 spiro atoms. The van der Waals surface area contributed by atoms with Crippen molar-refractivity contribution in [2.45, 2.75) is 37.7 Å². The fourth-order valence-electron chi connectivity index (χ4n) is 2.17. The number of anilines is 1. The van der Waals surface area contributed by atoms with E-state index in [4.69, 9.17) is 0 Å². The number of para-hydroxylation sites is 1. The molecule has 0 amide bonds. The Kier molecular flexibility index (Phi) is 6.45. The lowest BCUT2D eigenvalue weighted by Crippen LogP contribution is -2.28. The topological polar surface area (TPSA) is 78.4 Å². The van der Waals surface area contributed by atoms with E-state index in [1.807, 2.05) is 13.8 Å². The summed E-state index contributed by atoms with van der Waals surface area (Å²) in [5.41, 5.74) is 0.506. The van der Waals surface area contributed by atoms with Gasteiger partial charge in [-0.2, -0.15) is 0 Å². The van der Waals surface area contributed by atoms with E-state index in [-0.39, 0.29) is 10.8 Å². The zero-order valence-corrected chi connectivity index (χ0v) is 13.1. The molecule has 1 unspecified atom stereocenters. The van der Waals surface area contributed by atoms with Gasteiger partial charge >= 0.3 is 0 Å². The molecule has 114 valence electrons. The number of sulfonamides is 1. The number of nitrogens with one attached hydrogen (secondary N) is 2. The summed E-state index contributed by atoms with van der Waals surface area (Å²) < 4.78 is 26.1. The van der Waals surface area contributed by atoms with Crippen molar-refractivity contribution < 1.29 is 13.5 Å². The molecule has 0 aromatic heterocycles. The number of rotatable bonds is 8. The molecule has 1 aromatic carbocycles. The molecule has 0 bridgehead atoms. The molecule has 0 radical (unpaired) electrons. The van der Waals surface area contributed by atoms with Crippen LogP contribution < -0.4 is 10.0 Å². The van der Waals surface area contributed by atoms with Gasteiger partial charge in [-0.05, 0) is 25.1 Å². The number of hydrogen-bond donors (Lipinski definition) is 3. The lowest BCUT2D eigenvalue weighted by Gasteiger charge is -2.21. The molecule has 0 fully saturated rings. The molecule has 0 saturated carbocycles. The van der Waals surface area contributed by atoms with Gasteiger partial charge < -0.3 is 10.4 Å². The summed E-state index contributed by atoms with van der Waals surface area (Å²) in [5.74, 6) is 0.218. The van der Waals surface area contributed by atoms with Gasteiger partial charge in [-0.15, -0.1) is 0 Å². The van der Waals surface area contributed by atoms with Gasteiger partial charge in [-0.1, -0.05) is 38.8 Å². The fourth-order valence-corrected chi connectivity index (χ4v) is 3.08. The Morgan fingerprint density at radius 2 is 1.80 bits per heavy atom.